The minimum absolute atomic E-state index is 0.0799. The van der Waals surface area contributed by atoms with Crippen LogP contribution in [0, 0.1) is 5.41 Å². The van der Waals surface area contributed by atoms with Crippen LogP contribution in [0.3, 0.4) is 0 Å². The predicted molar refractivity (Wildman–Crippen MR) is 250 cm³/mol. The highest BCUT2D eigenvalue weighted by atomic mass is 32.2. The fraction of sp³-hybridized carbons (Fsp3) is 0.0217. The summed E-state index contributed by atoms with van der Waals surface area (Å²) >= 11 is 1.40. The zero-order valence-corrected chi connectivity index (χ0v) is 32.1. The Kier molecular flexibility index (Phi) is 9.53. The van der Waals surface area contributed by atoms with Gasteiger partial charge in [-0.3, -0.25) is 9.98 Å². The van der Waals surface area contributed by atoms with Crippen molar-refractivity contribution in [2.75, 3.05) is 6.26 Å². The van der Waals surface area contributed by atoms with Gasteiger partial charge in [0.15, 0.2) is 11.7 Å². The fourth-order valence-corrected chi connectivity index (χ4v) is 8.58. The molecule has 12 heteroatoms. The third-order valence-corrected chi connectivity index (χ3v) is 11.4. The van der Waals surface area contributed by atoms with Crippen molar-refractivity contribution in [3.05, 3.63) is 145 Å². The minimum Gasteiger partial charge on any atom is -0.508 e. The zero-order chi connectivity index (χ0) is 40.2. The van der Waals surface area contributed by atoms with Gasteiger partial charge in [0.05, 0.1) is 22.1 Å². The number of fused-ring (bicyclic) bond motifs is 7. The lowest BCUT2D eigenvalue weighted by molar-refractivity contribution is 0.480. The van der Waals surface area contributed by atoms with Crippen molar-refractivity contribution >= 4 is 140 Å². The number of amidine groups is 2. The van der Waals surface area contributed by atoms with Crippen molar-refractivity contribution in [2.45, 2.75) is 4.90 Å². The quantitative estimate of drug-likeness (QED) is 0.105. The van der Waals surface area contributed by atoms with Crippen molar-refractivity contribution in [1.29, 1.82) is 5.41 Å². The largest absolute Gasteiger partial charge is 0.508 e. The summed E-state index contributed by atoms with van der Waals surface area (Å²) in [6, 6.07) is 42.4. The number of nitrogens with zero attached hydrogens (tertiary/aromatic N) is 4. The summed E-state index contributed by atoms with van der Waals surface area (Å²) in [5, 5.41) is 24.3. The Hall–Kier alpha value is -6.38. The van der Waals surface area contributed by atoms with Gasteiger partial charge in [-0.05, 0) is 41.0 Å². The molecule has 0 aliphatic carbocycles. The molecule has 0 aliphatic heterocycles. The molecule has 0 amide bonds. The SMILES string of the molecule is [B]c1cc([B])c(SC)c(-c2cc(O)c([B])c(-n3c4ccccc4c4ccc5c6ccccc6n(C=NC(=NC(=N)c6ccccc6)c6ccccc6)c5c43)c2[B])c1[B]. The molecule has 0 saturated carbocycles. The first-order valence-electron chi connectivity index (χ1n) is 18.4. The number of hydrogen-bond donors (Lipinski definition) is 2. The maximum absolute atomic E-state index is 11.6. The molecule has 0 saturated heterocycles. The molecule has 0 spiro atoms. The highest BCUT2D eigenvalue weighted by Crippen LogP contribution is 2.40. The first-order valence-corrected chi connectivity index (χ1v) is 19.6. The number of nitrogens with one attached hydrogen (secondary N) is 1. The van der Waals surface area contributed by atoms with Crippen molar-refractivity contribution in [3.63, 3.8) is 0 Å². The second kappa shape index (κ2) is 14.9. The Morgan fingerprint density at radius 1 is 0.638 bits per heavy atom. The van der Waals surface area contributed by atoms with Gasteiger partial charge in [0.25, 0.3) is 0 Å². The molecule has 58 heavy (non-hydrogen) atoms. The van der Waals surface area contributed by atoms with Gasteiger partial charge in [-0.1, -0.05) is 132 Å². The van der Waals surface area contributed by atoms with E-state index in [2.05, 4.69) is 24.3 Å². The summed E-state index contributed by atoms with van der Waals surface area (Å²) in [5.74, 6) is 0.262. The molecule has 2 N–H and O–H groups in total. The van der Waals surface area contributed by atoms with E-state index in [0.717, 1.165) is 49.2 Å². The molecule has 0 fully saturated rings. The third-order valence-electron chi connectivity index (χ3n) is 10.5. The number of para-hydroxylation sites is 2. The molecule has 2 aromatic heterocycles. The number of phenols is 1. The molecule has 9 aromatic rings. The van der Waals surface area contributed by atoms with Crippen LogP contribution in [0.2, 0.25) is 0 Å². The van der Waals surface area contributed by atoms with Gasteiger partial charge in [0.1, 0.15) is 51.3 Å². The third kappa shape index (κ3) is 6.02. The fourth-order valence-electron chi connectivity index (χ4n) is 7.86. The molecule has 0 atom stereocenters. The first kappa shape index (κ1) is 37.2. The Morgan fingerprint density at radius 3 is 1.90 bits per heavy atom. The van der Waals surface area contributed by atoms with E-state index in [9.17, 15) is 5.11 Å². The summed E-state index contributed by atoms with van der Waals surface area (Å²) in [4.78, 5) is 10.4. The van der Waals surface area contributed by atoms with Crippen LogP contribution in [-0.4, -0.2) is 77.7 Å². The molecule has 0 aliphatic rings. The van der Waals surface area contributed by atoms with E-state index in [1.165, 1.54) is 17.8 Å². The second-order valence-corrected chi connectivity index (χ2v) is 14.7. The Labute approximate surface area is 346 Å². The number of benzene rings is 7. The van der Waals surface area contributed by atoms with E-state index in [1.807, 2.05) is 112 Å². The molecule has 0 unspecified atom stereocenters. The number of rotatable bonds is 6. The van der Waals surface area contributed by atoms with Gasteiger partial charge in [0.2, 0.25) is 0 Å². The average Bonchev–Trinajstić information content (AvgIpc) is 3.75. The Morgan fingerprint density at radius 2 is 1.22 bits per heavy atom. The van der Waals surface area contributed by atoms with Crippen LogP contribution in [0.5, 0.6) is 5.75 Å². The summed E-state index contributed by atoms with van der Waals surface area (Å²) in [6.07, 6.45) is 3.64. The summed E-state index contributed by atoms with van der Waals surface area (Å²) in [5.41, 5.74) is 7.40. The molecule has 0 bridgehead atoms. The van der Waals surface area contributed by atoms with E-state index in [4.69, 9.17) is 54.6 Å². The van der Waals surface area contributed by atoms with Crippen LogP contribution in [0.4, 0.5) is 0 Å². The maximum atomic E-state index is 11.6. The molecule has 9 rings (SSSR count). The van der Waals surface area contributed by atoms with Crippen molar-refractivity contribution < 1.29 is 5.11 Å². The van der Waals surface area contributed by atoms with Gasteiger partial charge < -0.3 is 9.67 Å². The smallest absolute Gasteiger partial charge is 0.163 e. The van der Waals surface area contributed by atoms with Crippen LogP contribution in [-0.2, 0) is 0 Å². The van der Waals surface area contributed by atoms with Crippen LogP contribution in [0.15, 0.2) is 148 Å². The average molecular weight is 753 g/mol. The van der Waals surface area contributed by atoms with E-state index in [1.54, 1.807) is 12.4 Å². The van der Waals surface area contributed by atoms with Crippen molar-refractivity contribution in [2.24, 2.45) is 9.98 Å². The number of aromatic hydroxyl groups is 1. The van der Waals surface area contributed by atoms with Crippen molar-refractivity contribution in [3.8, 4) is 22.6 Å². The monoisotopic (exact) mass is 753 g/mol. The molecule has 264 valence electrons. The highest BCUT2D eigenvalue weighted by Gasteiger charge is 2.25. The summed E-state index contributed by atoms with van der Waals surface area (Å²) in [6.45, 7) is 0. The van der Waals surface area contributed by atoms with E-state index >= 15 is 0 Å². The Balaban J connectivity index is 1.38. The van der Waals surface area contributed by atoms with Gasteiger partial charge in [-0.15, -0.1) is 17.2 Å². The molecule has 10 radical (unpaired) electrons. The summed E-state index contributed by atoms with van der Waals surface area (Å²) < 4.78 is 4.04. The molecule has 7 aromatic carbocycles. The summed E-state index contributed by atoms with van der Waals surface area (Å²) in [7, 11) is 33.6. The molecular formula is C46H28B5N5OS. The van der Waals surface area contributed by atoms with Gasteiger partial charge in [0, 0.05) is 43.3 Å². The maximum Gasteiger partial charge on any atom is 0.163 e. The molecular weight excluding hydrogens is 725 g/mol. The lowest BCUT2D eigenvalue weighted by Crippen LogP contribution is -2.35. The van der Waals surface area contributed by atoms with E-state index < -0.39 is 0 Å². The minimum atomic E-state index is -0.184. The standard InChI is InChI=1S/C46H28B5N5OS/c1-58-44-33(48)23-32(47)39(50)37(44)31-22-36(57)40(51)43(38(31)49)56-35-19-11-9-17-28(35)30-21-20-29-27-16-8-10-18-34(27)55(41(29)42(30)56)24-53-46(26-14-6-3-7-15-26)54-45(52)25-12-4-2-5-13-25/h2-24,52,57H,1H3. The van der Waals surface area contributed by atoms with Gasteiger partial charge in [-0.2, -0.15) is 0 Å². The predicted octanol–water partition coefficient (Wildman–Crippen LogP) is 5.30. The van der Waals surface area contributed by atoms with E-state index in [-0.39, 0.29) is 28.0 Å². The number of aromatic nitrogens is 2. The zero-order valence-electron chi connectivity index (χ0n) is 31.3. The second-order valence-electron chi connectivity index (χ2n) is 13.9. The van der Waals surface area contributed by atoms with E-state index in [0.29, 0.717) is 44.0 Å². The van der Waals surface area contributed by atoms with Crippen LogP contribution in [0.25, 0.3) is 60.4 Å². The van der Waals surface area contributed by atoms with Crippen LogP contribution >= 0.6 is 11.8 Å². The highest BCUT2D eigenvalue weighted by molar-refractivity contribution is 7.99. The Bertz CT molecular complexity index is 3190. The number of aliphatic imine (C=N–C) groups is 2. The lowest BCUT2D eigenvalue weighted by Gasteiger charge is -2.24. The lowest BCUT2D eigenvalue weighted by atomic mass is 9.70. The van der Waals surface area contributed by atoms with Crippen molar-refractivity contribution in [1.82, 2.24) is 9.13 Å². The normalized spacial score (nSPS) is 12.1. The van der Waals surface area contributed by atoms with Gasteiger partial charge in [-0.25, -0.2) is 9.98 Å². The molecule has 2 heterocycles. The number of thioether (sulfide) groups is 1. The van der Waals surface area contributed by atoms with Crippen LogP contribution in [0.1, 0.15) is 11.1 Å². The number of phenolic OH excluding ortho intramolecular Hbond substituents is 1. The topological polar surface area (TPSA) is 78.7 Å². The first-order chi connectivity index (χ1) is 28.2. The van der Waals surface area contributed by atoms with Crippen LogP contribution < -0.4 is 27.3 Å². The number of hydrogen-bond acceptors (Lipinski definition) is 3. The molecule has 6 nitrogen and oxygen atoms in total. The van der Waals surface area contributed by atoms with Gasteiger partial charge >= 0.3 is 0 Å².